The molecule has 3 aliphatic heterocycles. The van der Waals surface area contributed by atoms with E-state index in [9.17, 15) is 19.2 Å². The Kier molecular flexibility index (Phi) is 8.04. The van der Waals surface area contributed by atoms with Gasteiger partial charge in [0.05, 0.1) is 19.3 Å². The van der Waals surface area contributed by atoms with Crippen LogP contribution in [-0.2, 0) is 33.9 Å². The van der Waals surface area contributed by atoms with Crippen molar-refractivity contribution in [2.24, 2.45) is 0 Å². The molecule has 0 saturated carbocycles. The summed E-state index contributed by atoms with van der Waals surface area (Å²) in [5.41, 5.74) is 1.43. The van der Waals surface area contributed by atoms with Gasteiger partial charge in [-0.3, -0.25) is 23.9 Å². The minimum Gasteiger partial charge on any atom is -0.485 e. The number of hydrogen-bond acceptors (Lipinski definition) is 9. The molecule has 0 aliphatic carbocycles. The molecule has 13 nitrogen and oxygen atoms in total. The van der Waals surface area contributed by atoms with Crippen LogP contribution < -0.4 is 20.1 Å². The Labute approximate surface area is 245 Å². The molecule has 3 aliphatic rings. The summed E-state index contributed by atoms with van der Waals surface area (Å²) in [6.07, 6.45) is 2.70. The van der Waals surface area contributed by atoms with E-state index in [2.05, 4.69) is 20.9 Å². The summed E-state index contributed by atoms with van der Waals surface area (Å²) in [6, 6.07) is 7.55. The summed E-state index contributed by atoms with van der Waals surface area (Å²) in [7, 11) is 0. The molecule has 3 aromatic rings. The largest absolute Gasteiger partial charge is 0.485 e. The number of carbonyl (C=O) groups excluding carboxylic acids is 4. The van der Waals surface area contributed by atoms with Gasteiger partial charge in [0.2, 0.25) is 17.7 Å². The van der Waals surface area contributed by atoms with Crippen LogP contribution in [0.2, 0.25) is 0 Å². The van der Waals surface area contributed by atoms with Crippen molar-refractivity contribution < 1.29 is 28.7 Å². The number of ether oxygens (including phenoxy) is 2. The second-order valence-corrected chi connectivity index (χ2v) is 11.2. The third kappa shape index (κ3) is 5.93. The first kappa shape index (κ1) is 27.7. The number of rotatable bonds is 3. The van der Waals surface area contributed by atoms with Crippen LogP contribution in [0.15, 0.2) is 41.9 Å². The molecule has 2 bridgehead atoms. The van der Waals surface area contributed by atoms with Crippen LogP contribution in [0.4, 0.5) is 0 Å². The maximum absolute atomic E-state index is 14.1. The van der Waals surface area contributed by atoms with Gasteiger partial charge < -0.3 is 29.9 Å². The number of nitrogens with zero attached hydrogens (tertiary/aromatic N) is 5. The lowest BCUT2D eigenvalue weighted by atomic mass is 10.0. The molecule has 14 heteroatoms. The topological polar surface area (TPSA) is 148 Å². The molecule has 2 atom stereocenters. The lowest BCUT2D eigenvalue weighted by Crippen LogP contribution is -2.64. The number of piperazine rings is 1. The van der Waals surface area contributed by atoms with E-state index in [1.54, 1.807) is 21.2 Å². The van der Waals surface area contributed by atoms with Crippen LogP contribution in [0.3, 0.4) is 0 Å². The van der Waals surface area contributed by atoms with Crippen molar-refractivity contribution in [2.75, 3.05) is 32.8 Å². The van der Waals surface area contributed by atoms with Gasteiger partial charge in [-0.1, -0.05) is 35.5 Å². The summed E-state index contributed by atoms with van der Waals surface area (Å²) in [5.74, 6) is -0.414. The van der Waals surface area contributed by atoms with Gasteiger partial charge in [-0.25, -0.2) is 0 Å². The fourth-order valence-corrected chi connectivity index (χ4v) is 6.25. The predicted octanol–water partition coefficient (Wildman–Crippen LogP) is 0.602. The van der Waals surface area contributed by atoms with Crippen LogP contribution in [0.1, 0.15) is 33.8 Å². The van der Waals surface area contributed by atoms with Crippen molar-refractivity contribution in [1.82, 2.24) is 35.4 Å². The van der Waals surface area contributed by atoms with Crippen LogP contribution >= 0.6 is 11.3 Å². The Morgan fingerprint density at radius 2 is 1.90 bits per heavy atom. The molecule has 0 spiro atoms. The number of benzene rings is 1. The zero-order valence-electron chi connectivity index (χ0n) is 22.9. The smallest absolute Gasteiger partial charge is 0.268 e. The van der Waals surface area contributed by atoms with Crippen molar-refractivity contribution in [1.29, 1.82) is 0 Å². The van der Waals surface area contributed by atoms with Crippen LogP contribution in [0.25, 0.3) is 0 Å². The number of hydrogen-bond donors (Lipinski definition) is 2. The van der Waals surface area contributed by atoms with E-state index in [1.807, 2.05) is 30.3 Å². The van der Waals surface area contributed by atoms with E-state index < -0.39 is 18.0 Å². The van der Waals surface area contributed by atoms with E-state index in [0.717, 1.165) is 5.56 Å². The SMILES string of the molecule is O=C1CCCn2cc(nn2)CNC(=O)[C@H]2CN(C(=O)c3scc4c3OCCO4)CCN2C(=O)[C@H](Cc2ccccc2)N1. The van der Waals surface area contributed by atoms with Gasteiger partial charge in [0, 0.05) is 37.9 Å². The minimum atomic E-state index is -0.987. The molecular weight excluding hydrogens is 562 g/mol. The van der Waals surface area contributed by atoms with E-state index in [4.69, 9.17) is 9.47 Å². The maximum Gasteiger partial charge on any atom is 0.268 e. The fourth-order valence-electron chi connectivity index (χ4n) is 5.35. The third-order valence-corrected chi connectivity index (χ3v) is 8.41. The standard InChI is InChI=1S/C28H31N7O6S/c36-23-7-4-8-34-15-19(31-32-34)14-29-26(37)21-16-33(28(39)25-24-22(17-42-25)40-11-12-41-24)9-10-35(21)27(38)20(30-23)13-18-5-2-1-3-6-18/h1-3,5-6,15,17,20-21H,4,7-14,16H2,(H,29,37)(H,30,36)/t20-,21+/m0/s1. The van der Waals surface area contributed by atoms with E-state index >= 15 is 0 Å². The first-order chi connectivity index (χ1) is 20.5. The van der Waals surface area contributed by atoms with Crippen molar-refractivity contribution in [3.8, 4) is 11.5 Å². The number of fused-ring (bicyclic) bond motifs is 4. The molecule has 4 amide bonds. The molecule has 5 heterocycles. The average molecular weight is 594 g/mol. The molecular formula is C28H31N7O6S. The number of nitrogens with one attached hydrogen (secondary N) is 2. The summed E-state index contributed by atoms with van der Waals surface area (Å²) in [5, 5.41) is 15.7. The minimum absolute atomic E-state index is 0.0252. The zero-order chi connectivity index (χ0) is 29.1. The van der Waals surface area contributed by atoms with Gasteiger partial charge in [0.1, 0.15) is 35.9 Å². The number of thiophene rings is 1. The molecule has 1 fully saturated rings. The van der Waals surface area contributed by atoms with E-state index in [-0.39, 0.29) is 56.7 Å². The van der Waals surface area contributed by atoms with Gasteiger partial charge in [0.25, 0.3) is 5.91 Å². The Bertz CT molecular complexity index is 1470. The van der Waals surface area contributed by atoms with Gasteiger partial charge >= 0.3 is 0 Å². The average Bonchev–Trinajstić information content (AvgIpc) is 3.66. The van der Waals surface area contributed by atoms with Crippen molar-refractivity contribution in [3.63, 3.8) is 0 Å². The predicted molar refractivity (Wildman–Crippen MR) is 150 cm³/mol. The molecule has 0 radical (unpaired) electrons. The van der Waals surface area contributed by atoms with Gasteiger partial charge in [-0.05, 0) is 12.0 Å². The summed E-state index contributed by atoms with van der Waals surface area (Å²) in [6.45, 7) is 1.64. The number of aryl methyl sites for hydroxylation is 1. The van der Waals surface area contributed by atoms with Crippen LogP contribution in [0, 0.1) is 0 Å². The third-order valence-electron chi connectivity index (χ3n) is 7.49. The highest BCUT2D eigenvalue weighted by molar-refractivity contribution is 7.12. The lowest BCUT2D eigenvalue weighted by molar-refractivity contribution is -0.146. The zero-order valence-corrected chi connectivity index (χ0v) is 23.7. The number of aromatic nitrogens is 3. The van der Waals surface area contributed by atoms with Crippen molar-refractivity contribution in [3.05, 3.63) is 58.0 Å². The summed E-state index contributed by atoms with van der Waals surface area (Å²) >= 11 is 1.23. The quantitative estimate of drug-likeness (QED) is 0.449. The van der Waals surface area contributed by atoms with E-state index in [0.29, 0.717) is 48.2 Å². The van der Waals surface area contributed by atoms with Crippen molar-refractivity contribution >= 4 is 35.0 Å². The normalized spacial score (nSPS) is 21.5. The van der Waals surface area contributed by atoms with Crippen LogP contribution in [-0.4, -0.2) is 93.4 Å². The number of carbonyl (C=O) groups is 4. The highest BCUT2D eigenvalue weighted by atomic mass is 32.1. The molecule has 1 aromatic carbocycles. The Hall–Kier alpha value is -4.46. The lowest BCUT2D eigenvalue weighted by Gasteiger charge is -2.41. The summed E-state index contributed by atoms with van der Waals surface area (Å²) < 4.78 is 12.9. The molecule has 2 N–H and O–H groups in total. The first-order valence-corrected chi connectivity index (χ1v) is 14.8. The molecule has 42 heavy (non-hydrogen) atoms. The second kappa shape index (κ2) is 12.2. The Morgan fingerprint density at radius 3 is 2.76 bits per heavy atom. The Morgan fingerprint density at radius 1 is 1.07 bits per heavy atom. The Balaban J connectivity index is 1.28. The van der Waals surface area contributed by atoms with E-state index in [1.165, 1.54) is 16.2 Å². The maximum atomic E-state index is 14.1. The number of amides is 4. The monoisotopic (exact) mass is 593 g/mol. The van der Waals surface area contributed by atoms with Gasteiger partial charge in [-0.15, -0.1) is 16.4 Å². The second-order valence-electron chi connectivity index (χ2n) is 10.4. The van der Waals surface area contributed by atoms with Crippen molar-refractivity contribution in [2.45, 2.75) is 44.4 Å². The molecule has 1 saturated heterocycles. The highest BCUT2D eigenvalue weighted by Gasteiger charge is 2.41. The molecule has 220 valence electrons. The fraction of sp³-hybridized carbons (Fsp3) is 0.429. The highest BCUT2D eigenvalue weighted by Crippen LogP contribution is 2.40. The van der Waals surface area contributed by atoms with Gasteiger partial charge in [0.15, 0.2) is 11.5 Å². The molecule has 2 aromatic heterocycles. The first-order valence-electron chi connectivity index (χ1n) is 13.9. The molecule has 0 unspecified atom stereocenters. The van der Waals surface area contributed by atoms with Gasteiger partial charge in [-0.2, -0.15) is 0 Å². The van der Waals surface area contributed by atoms with Crippen LogP contribution in [0.5, 0.6) is 11.5 Å². The molecule has 6 rings (SSSR count). The summed E-state index contributed by atoms with van der Waals surface area (Å²) in [4.78, 5) is 57.7.